The van der Waals surface area contributed by atoms with Gasteiger partial charge in [-0.15, -0.1) is 0 Å². The molecule has 0 aliphatic carbocycles. The highest BCUT2D eigenvalue weighted by Crippen LogP contribution is 2.29. The standard InChI is InChI=1S/C23H22FNO5S2/c24-18-6-10-21(11-7-18)31(26,27)22-14-16-25(17-15-22)32(28,29)23-12-8-20(9-13-23)30-19-4-2-1-3-5-19/h1-13,22H,14-17H2. The van der Waals surface area contributed by atoms with Gasteiger partial charge in [-0.2, -0.15) is 4.31 Å². The first-order chi connectivity index (χ1) is 15.3. The maximum Gasteiger partial charge on any atom is 0.243 e. The molecule has 1 fully saturated rings. The molecule has 0 unspecified atom stereocenters. The maximum absolute atomic E-state index is 13.1. The molecule has 32 heavy (non-hydrogen) atoms. The molecular weight excluding hydrogens is 453 g/mol. The molecule has 0 saturated carbocycles. The van der Waals surface area contributed by atoms with Crippen molar-refractivity contribution in [2.45, 2.75) is 27.9 Å². The van der Waals surface area contributed by atoms with Crippen LogP contribution in [-0.4, -0.2) is 39.5 Å². The quantitative estimate of drug-likeness (QED) is 0.498. The van der Waals surface area contributed by atoms with E-state index in [0.717, 1.165) is 12.1 Å². The molecule has 1 aliphatic heterocycles. The number of sulfonamides is 1. The van der Waals surface area contributed by atoms with E-state index in [1.54, 1.807) is 24.3 Å². The fourth-order valence-electron chi connectivity index (χ4n) is 3.65. The van der Waals surface area contributed by atoms with Crippen molar-refractivity contribution in [3.8, 4) is 11.5 Å². The molecule has 1 aliphatic rings. The monoisotopic (exact) mass is 475 g/mol. The third-order valence-electron chi connectivity index (χ3n) is 5.42. The lowest BCUT2D eigenvalue weighted by molar-refractivity contribution is 0.345. The van der Waals surface area contributed by atoms with Gasteiger partial charge in [0.25, 0.3) is 0 Å². The molecule has 3 aromatic carbocycles. The van der Waals surface area contributed by atoms with Crippen LogP contribution in [0, 0.1) is 5.82 Å². The summed E-state index contributed by atoms with van der Waals surface area (Å²) in [5.74, 6) is 0.650. The van der Waals surface area contributed by atoms with E-state index in [1.807, 2.05) is 18.2 Å². The van der Waals surface area contributed by atoms with E-state index < -0.39 is 30.9 Å². The number of piperidine rings is 1. The lowest BCUT2D eigenvalue weighted by atomic mass is 10.2. The fourth-order valence-corrected chi connectivity index (χ4v) is 6.85. The Kier molecular flexibility index (Phi) is 6.32. The van der Waals surface area contributed by atoms with Gasteiger partial charge in [-0.1, -0.05) is 18.2 Å². The van der Waals surface area contributed by atoms with Crippen LogP contribution in [0.1, 0.15) is 12.8 Å². The molecule has 0 aromatic heterocycles. The van der Waals surface area contributed by atoms with E-state index in [9.17, 15) is 21.2 Å². The second-order valence-corrected chi connectivity index (χ2v) is 11.7. The second-order valence-electron chi connectivity index (χ2n) is 7.49. The number of benzene rings is 3. The highest BCUT2D eigenvalue weighted by molar-refractivity contribution is 7.92. The SMILES string of the molecule is O=S(=O)(c1ccc(F)cc1)C1CCN(S(=O)(=O)c2ccc(Oc3ccccc3)cc2)CC1. The van der Waals surface area contributed by atoms with Crippen LogP contribution in [0.4, 0.5) is 4.39 Å². The molecule has 1 heterocycles. The molecule has 0 N–H and O–H groups in total. The zero-order chi connectivity index (χ0) is 22.8. The summed E-state index contributed by atoms with van der Waals surface area (Å²) in [5.41, 5.74) is 0. The first-order valence-electron chi connectivity index (χ1n) is 10.1. The first-order valence-corrected chi connectivity index (χ1v) is 13.1. The lowest BCUT2D eigenvalue weighted by Gasteiger charge is -2.31. The van der Waals surface area contributed by atoms with E-state index >= 15 is 0 Å². The Morgan fingerprint density at radius 2 is 1.25 bits per heavy atom. The topological polar surface area (TPSA) is 80.8 Å². The van der Waals surface area contributed by atoms with Crippen molar-refractivity contribution in [2.24, 2.45) is 0 Å². The summed E-state index contributed by atoms with van der Waals surface area (Å²) in [6.45, 7) is 0.186. The smallest absolute Gasteiger partial charge is 0.243 e. The van der Waals surface area contributed by atoms with Crippen molar-refractivity contribution in [3.05, 3.63) is 84.7 Å². The second kappa shape index (κ2) is 9.01. The molecule has 3 aromatic rings. The molecule has 168 valence electrons. The molecule has 9 heteroatoms. The largest absolute Gasteiger partial charge is 0.457 e. The van der Waals surface area contributed by atoms with Gasteiger partial charge in [0.1, 0.15) is 17.3 Å². The lowest BCUT2D eigenvalue weighted by Crippen LogP contribution is -2.42. The van der Waals surface area contributed by atoms with E-state index in [0.29, 0.717) is 11.5 Å². The van der Waals surface area contributed by atoms with Crippen molar-refractivity contribution in [3.63, 3.8) is 0 Å². The van der Waals surface area contributed by atoms with Crippen LogP contribution in [0.3, 0.4) is 0 Å². The average Bonchev–Trinajstić information content (AvgIpc) is 2.80. The molecule has 1 saturated heterocycles. The number of ether oxygens (including phenoxy) is 1. The van der Waals surface area contributed by atoms with Crippen molar-refractivity contribution in [1.82, 2.24) is 4.31 Å². The van der Waals surface area contributed by atoms with Crippen molar-refractivity contribution in [2.75, 3.05) is 13.1 Å². The van der Waals surface area contributed by atoms with Crippen molar-refractivity contribution in [1.29, 1.82) is 0 Å². The number of sulfone groups is 1. The number of hydrogen-bond donors (Lipinski definition) is 0. The third-order valence-corrected chi connectivity index (χ3v) is 9.61. The number of halogens is 1. The van der Waals surface area contributed by atoms with Crippen LogP contribution in [0.25, 0.3) is 0 Å². The minimum atomic E-state index is -3.76. The maximum atomic E-state index is 13.1. The van der Waals surface area contributed by atoms with Gasteiger partial charge in [-0.25, -0.2) is 21.2 Å². The Bertz CT molecular complexity index is 1270. The molecule has 6 nitrogen and oxygen atoms in total. The summed E-state index contributed by atoms with van der Waals surface area (Å²) in [6.07, 6.45) is 0.349. The summed E-state index contributed by atoms with van der Waals surface area (Å²) < 4.78 is 71.8. The first kappa shape index (κ1) is 22.4. The highest BCUT2D eigenvalue weighted by Gasteiger charge is 2.35. The van der Waals surface area contributed by atoms with Crippen LogP contribution < -0.4 is 4.74 Å². The fraction of sp³-hybridized carbons (Fsp3) is 0.217. The summed E-state index contributed by atoms with van der Waals surface area (Å²) in [6, 6.07) is 20.0. The van der Waals surface area contributed by atoms with Gasteiger partial charge in [0.2, 0.25) is 10.0 Å². The molecule has 4 rings (SSSR count). The number of hydrogen-bond acceptors (Lipinski definition) is 5. The molecule has 0 radical (unpaired) electrons. The number of rotatable bonds is 6. The van der Waals surface area contributed by atoms with Gasteiger partial charge in [0, 0.05) is 13.1 Å². The van der Waals surface area contributed by atoms with Gasteiger partial charge in [0.05, 0.1) is 15.0 Å². The summed E-state index contributed by atoms with van der Waals surface area (Å²) in [4.78, 5) is 0.173. The van der Waals surface area contributed by atoms with Crippen LogP contribution in [0.15, 0.2) is 88.7 Å². The average molecular weight is 476 g/mol. The van der Waals surface area contributed by atoms with Gasteiger partial charge in [0.15, 0.2) is 9.84 Å². The van der Waals surface area contributed by atoms with Crippen LogP contribution in [-0.2, 0) is 19.9 Å². The summed E-state index contributed by atoms with van der Waals surface area (Å²) in [5, 5.41) is -0.707. The Balaban J connectivity index is 1.43. The molecule has 0 atom stereocenters. The molecule has 0 spiro atoms. The van der Waals surface area contributed by atoms with E-state index in [-0.39, 0.29) is 35.7 Å². The van der Waals surface area contributed by atoms with Crippen molar-refractivity contribution >= 4 is 19.9 Å². The number of nitrogens with zero attached hydrogens (tertiary/aromatic N) is 1. The van der Waals surface area contributed by atoms with Gasteiger partial charge in [-0.05, 0) is 73.5 Å². The predicted molar refractivity (Wildman–Crippen MR) is 118 cm³/mol. The minimum absolute atomic E-state index is 0.0502. The summed E-state index contributed by atoms with van der Waals surface area (Å²) in [7, 11) is -7.41. The number of para-hydroxylation sites is 1. The Labute approximate surface area is 187 Å². The third kappa shape index (κ3) is 4.69. The predicted octanol–water partition coefficient (Wildman–Crippen LogP) is 4.25. The zero-order valence-electron chi connectivity index (χ0n) is 17.1. The van der Waals surface area contributed by atoms with E-state index in [4.69, 9.17) is 4.74 Å². The highest BCUT2D eigenvalue weighted by atomic mass is 32.2. The molecular formula is C23H22FNO5S2. The molecule has 0 amide bonds. The molecule has 0 bridgehead atoms. The zero-order valence-corrected chi connectivity index (χ0v) is 18.7. The Morgan fingerprint density at radius 3 is 1.84 bits per heavy atom. The van der Waals surface area contributed by atoms with Crippen LogP contribution >= 0.6 is 0 Å². The minimum Gasteiger partial charge on any atom is -0.457 e. The van der Waals surface area contributed by atoms with Gasteiger partial charge >= 0.3 is 0 Å². The van der Waals surface area contributed by atoms with E-state index in [1.165, 1.54) is 28.6 Å². The van der Waals surface area contributed by atoms with Gasteiger partial charge < -0.3 is 4.74 Å². The Morgan fingerprint density at radius 1 is 0.719 bits per heavy atom. The van der Waals surface area contributed by atoms with E-state index in [2.05, 4.69) is 0 Å². The summed E-state index contributed by atoms with van der Waals surface area (Å²) >= 11 is 0. The van der Waals surface area contributed by atoms with Gasteiger partial charge in [-0.3, -0.25) is 0 Å². The Hall–Kier alpha value is -2.75. The normalized spacial score (nSPS) is 16.0. The van der Waals surface area contributed by atoms with Crippen molar-refractivity contribution < 1.29 is 26.0 Å². The van der Waals surface area contributed by atoms with Crippen LogP contribution in [0.2, 0.25) is 0 Å². The van der Waals surface area contributed by atoms with Crippen LogP contribution in [0.5, 0.6) is 11.5 Å².